The molecule has 1 aliphatic carbocycles. The number of carbonyl (C=O) groups is 1. The topological polar surface area (TPSA) is 75.7 Å². The summed E-state index contributed by atoms with van der Waals surface area (Å²) in [6.07, 6.45) is 4.34. The van der Waals surface area contributed by atoms with E-state index in [4.69, 9.17) is 4.74 Å². The summed E-state index contributed by atoms with van der Waals surface area (Å²) in [6.45, 7) is 2.20. The van der Waals surface area contributed by atoms with Crippen LogP contribution in [-0.2, 0) is 14.8 Å². The Morgan fingerprint density at radius 1 is 1.18 bits per heavy atom. The van der Waals surface area contributed by atoms with Gasteiger partial charge >= 0.3 is 0 Å². The molecule has 0 aliphatic heterocycles. The Balaban J connectivity index is 1.52. The maximum Gasteiger partial charge on any atom is 0.273 e. The molecule has 0 atom stereocenters. The van der Waals surface area contributed by atoms with Crippen molar-refractivity contribution in [3.8, 4) is 5.75 Å². The third kappa shape index (κ3) is 5.05. The van der Waals surface area contributed by atoms with E-state index in [2.05, 4.69) is 12.2 Å². The van der Waals surface area contributed by atoms with Gasteiger partial charge in [0.15, 0.2) is 6.61 Å². The number of rotatable bonds is 7. The van der Waals surface area contributed by atoms with E-state index in [1.165, 1.54) is 22.7 Å². The van der Waals surface area contributed by atoms with Crippen molar-refractivity contribution in [1.29, 1.82) is 0 Å². The van der Waals surface area contributed by atoms with E-state index in [0.29, 0.717) is 15.6 Å². The highest BCUT2D eigenvalue weighted by molar-refractivity contribution is 7.94. The molecule has 1 aromatic carbocycles. The van der Waals surface area contributed by atoms with Gasteiger partial charge in [0.2, 0.25) is 0 Å². The van der Waals surface area contributed by atoms with Crippen LogP contribution in [0.15, 0.2) is 46.0 Å². The lowest BCUT2D eigenvalue weighted by Gasteiger charge is -2.26. The van der Waals surface area contributed by atoms with Crippen molar-refractivity contribution in [2.45, 2.75) is 42.9 Å². The highest BCUT2D eigenvalue weighted by atomic mass is 32.2. The van der Waals surface area contributed by atoms with Gasteiger partial charge in [0.1, 0.15) is 9.96 Å². The lowest BCUT2D eigenvalue weighted by molar-refractivity contribution is -0.124. The Bertz CT molecular complexity index is 871. The molecule has 1 amide bonds. The summed E-state index contributed by atoms with van der Waals surface area (Å²) < 4.78 is 32.2. The van der Waals surface area contributed by atoms with Crippen molar-refractivity contribution in [3.05, 3.63) is 41.8 Å². The molecule has 0 bridgehead atoms. The summed E-state index contributed by atoms with van der Waals surface area (Å²) in [4.78, 5) is 12.1. The Morgan fingerprint density at radius 2 is 1.86 bits per heavy atom. The quantitative estimate of drug-likeness (QED) is 0.739. The average molecular weight is 423 g/mol. The van der Waals surface area contributed by atoms with E-state index in [9.17, 15) is 13.2 Å². The van der Waals surface area contributed by atoms with Crippen LogP contribution in [0.3, 0.4) is 0 Å². The van der Waals surface area contributed by atoms with Crippen LogP contribution < -0.4 is 14.4 Å². The minimum Gasteiger partial charge on any atom is -0.484 e. The molecule has 8 heteroatoms. The molecule has 0 saturated heterocycles. The number of nitrogens with zero attached hydrogens (tertiary/aromatic N) is 1. The molecule has 1 heterocycles. The standard InChI is InChI=1S/C20H26N2O4S2/c1-15-5-7-16(8-6-15)21-19(23)14-26-18-11-9-17(10-12-18)22(2)28(24,25)20-4-3-13-27-20/h3-4,9-13,15-16H,5-8,14H2,1-2H3,(H,21,23). The van der Waals surface area contributed by atoms with Crippen LogP contribution in [0, 0.1) is 5.92 Å². The maximum atomic E-state index is 12.6. The van der Waals surface area contributed by atoms with Gasteiger partial charge in [0, 0.05) is 13.1 Å². The van der Waals surface area contributed by atoms with Gasteiger partial charge < -0.3 is 10.1 Å². The van der Waals surface area contributed by atoms with Crippen molar-refractivity contribution >= 4 is 33.0 Å². The second kappa shape index (κ2) is 8.96. The molecule has 1 aliphatic rings. The van der Waals surface area contributed by atoms with Gasteiger partial charge in [0.05, 0.1) is 5.69 Å². The fourth-order valence-electron chi connectivity index (χ4n) is 3.26. The summed E-state index contributed by atoms with van der Waals surface area (Å²) in [5.41, 5.74) is 0.529. The number of benzene rings is 1. The predicted octanol–water partition coefficient (Wildman–Crippen LogP) is 3.65. The first-order valence-electron chi connectivity index (χ1n) is 9.41. The fourth-order valence-corrected chi connectivity index (χ4v) is 5.62. The van der Waals surface area contributed by atoms with Gasteiger partial charge in [-0.1, -0.05) is 13.0 Å². The van der Waals surface area contributed by atoms with Gasteiger partial charge in [-0.2, -0.15) is 0 Å². The number of hydrogen-bond donors (Lipinski definition) is 1. The van der Waals surface area contributed by atoms with E-state index >= 15 is 0 Å². The number of anilines is 1. The van der Waals surface area contributed by atoms with Crippen LogP contribution >= 0.6 is 11.3 Å². The molecule has 2 aromatic rings. The Labute approximate surface area is 170 Å². The molecule has 1 fully saturated rings. The van der Waals surface area contributed by atoms with E-state index < -0.39 is 10.0 Å². The summed E-state index contributed by atoms with van der Waals surface area (Å²) in [7, 11) is -2.04. The molecule has 0 radical (unpaired) electrons. The molecular formula is C20H26N2O4S2. The average Bonchev–Trinajstić information content (AvgIpc) is 3.24. The lowest BCUT2D eigenvalue weighted by atomic mass is 9.87. The number of sulfonamides is 1. The fraction of sp³-hybridized carbons (Fsp3) is 0.450. The van der Waals surface area contributed by atoms with E-state index in [0.717, 1.165) is 31.6 Å². The largest absolute Gasteiger partial charge is 0.484 e. The third-order valence-electron chi connectivity index (χ3n) is 5.06. The van der Waals surface area contributed by atoms with Crippen molar-refractivity contribution in [2.75, 3.05) is 18.0 Å². The summed E-state index contributed by atoms with van der Waals surface area (Å²) in [5.74, 6) is 1.14. The zero-order valence-electron chi connectivity index (χ0n) is 16.1. The van der Waals surface area contributed by atoms with Crippen LogP contribution in [0.1, 0.15) is 32.6 Å². The molecule has 1 saturated carbocycles. The SMILES string of the molecule is CC1CCC(NC(=O)COc2ccc(N(C)S(=O)(=O)c3cccs3)cc2)CC1. The number of amides is 1. The first kappa shape index (κ1) is 20.7. The van der Waals surface area contributed by atoms with Crippen LogP contribution in [-0.4, -0.2) is 34.0 Å². The molecule has 0 spiro atoms. The van der Waals surface area contributed by atoms with Crippen molar-refractivity contribution in [1.82, 2.24) is 5.32 Å². The molecule has 1 N–H and O–H groups in total. The van der Waals surface area contributed by atoms with Crippen LogP contribution in [0.2, 0.25) is 0 Å². The number of hydrogen-bond acceptors (Lipinski definition) is 5. The Hall–Kier alpha value is -2.06. The first-order chi connectivity index (χ1) is 13.4. The van der Waals surface area contributed by atoms with Crippen LogP contribution in [0.25, 0.3) is 0 Å². The monoisotopic (exact) mass is 422 g/mol. The van der Waals surface area contributed by atoms with Crippen molar-refractivity contribution in [2.24, 2.45) is 5.92 Å². The van der Waals surface area contributed by atoms with Gasteiger partial charge in [-0.25, -0.2) is 8.42 Å². The van der Waals surface area contributed by atoms with Gasteiger partial charge in [0.25, 0.3) is 15.9 Å². The second-order valence-corrected chi connectivity index (χ2v) is 10.4. The zero-order chi connectivity index (χ0) is 20.1. The number of nitrogens with one attached hydrogen (secondary N) is 1. The minimum absolute atomic E-state index is 0.0469. The number of thiophene rings is 1. The van der Waals surface area contributed by atoms with E-state index in [1.54, 1.807) is 41.8 Å². The molecule has 3 rings (SSSR count). The molecular weight excluding hydrogens is 396 g/mol. The van der Waals surface area contributed by atoms with Gasteiger partial charge in [-0.15, -0.1) is 11.3 Å². The molecule has 28 heavy (non-hydrogen) atoms. The Morgan fingerprint density at radius 3 is 2.46 bits per heavy atom. The lowest BCUT2D eigenvalue weighted by Crippen LogP contribution is -2.39. The Kier molecular flexibility index (Phi) is 6.61. The third-order valence-corrected chi connectivity index (χ3v) is 8.22. The van der Waals surface area contributed by atoms with Crippen molar-refractivity contribution < 1.29 is 17.9 Å². The van der Waals surface area contributed by atoms with Gasteiger partial charge in [-0.05, 0) is 67.3 Å². The summed E-state index contributed by atoms with van der Waals surface area (Å²) in [5, 5.41) is 4.76. The smallest absolute Gasteiger partial charge is 0.273 e. The highest BCUT2D eigenvalue weighted by Crippen LogP contribution is 2.27. The first-order valence-corrected chi connectivity index (χ1v) is 11.7. The maximum absolute atomic E-state index is 12.6. The minimum atomic E-state index is -3.56. The van der Waals surface area contributed by atoms with E-state index in [1.807, 2.05) is 0 Å². The zero-order valence-corrected chi connectivity index (χ0v) is 17.8. The van der Waals surface area contributed by atoms with Crippen LogP contribution in [0.4, 0.5) is 5.69 Å². The molecule has 0 unspecified atom stereocenters. The van der Waals surface area contributed by atoms with E-state index in [-0.39, 0.29) is 18.6 Å². The number of ether oxygens (including phenoxy) is 1. The highest BCUT2D eigenvalue weighted by Gasteiger charge is 2.22. The normalized spacial score (nSPS) is 19.8. The van der Waals surface area contributed by atoms with Crippen LogP contribution in [0.5, 0.6) is 5.75 Å². The number of carbonyl (C=O) groups excluding carboxylic acids is 1. The van der Waals surface area contributed by atoms with Crippen molar-refractivity contribution in [3.63, 3.8) is 0 Å². The molecule has 6 nitrogen and oxygen atoms in total. The predicted molar refractivity (Wildman–Crippen MR) is 111 cm³/mol. The summed E-state index contributed by atoms with van der Waals surface area (Å²) >= 11 is 1.18. The second-order valence-electron chi connectivity index (χ2n) is 7.21. The van der Waals surface area contributed by atoms with Gasteiger partial charge in [-0.3, -0.25) is 9.10 Å². The molecule has 152 valence electrons. The summed E-state index contributed by atoms with van der Waals surface area (Å²) in [6, 6.07) is 10.2. The molecule has 1 aromatic heterocycles.